The van der Waals surface area contributed by atoms with E-state index in [-0.39, 0.29) is 6.04 Å². The highest BCUT2D eigenvalue weighted by molar-refractivity contribution is 7.09. The molecule has 1 aliphatic rings. The van der Waals surface area contributed by atoms with Gasteiger partial charge in [0.05, 0.1) is 0 Å². The highest BCUT2D eigenvalue weighted by Crippen LogP contribution is 2.18. The highest BCUT2D eigenvalue weighted by Gasteiger charge is 2.25. The van der Waals surface area contributed by atoms with E-state index >= 15 is 0 Å². The number of aliphatic carboxylic acids is 1. The fourth-order valence-corrected chi connectivity index (χ4v) is 3.30. The van der Waals surface area contributed by atoms with Crippen molar-refractivity contribution in [1.82, 2.24) is 4.90 Å². The van der Waals surface area contributed by atoms with Crippen LogP contribution >= 0.6 is 11.3 Å². The molecule has 1 saturated heterocycles. The summed E-state index contributed by atoms with van der Waals surface area (Å²) >= 11 is 1.76. The zero-order valence-electron chi connectivity index (χ0n) is 10.7. The zero-order valence-corrected chi connectivity index (χ0v) is 11.5. The third-order valence-corrected chi connectivity index (χ3v) is 4.56. The maximum Gasteiger partial charge on any atom is 0.320 e. The molecule has 1 aromatic heterocycles. The SMILES string of the molecule is O=C(O)C1CCCCCCN1CCc1cccs1. The standard InChI is InChI=1S/C14H21NO2S/c16-14(17)13-7-3-1-2-4-9-15(13)10-8-12-6-5-11-18-12/h5-6,11,13H,1-4,7-10H2,(H,16,17). The van der Waals surface area contributed by atoms with Gasteiger partial charge >= 0.3 is 5.97 Å². The van der Waals surface area contributed by atoms with Gasteiger partial charge in [0.15, 0.2) is 0 Å². The molecule has 0 amide bonds. The second-order valence-electron chi connectivity index (χ2n) is 4.92. The Kier molecular flexibility index (Phi) is 5.20. The number of carbonyl (C=O) groups is 1. The van der Waals surface area contributed by atoms with Crippen LogP contribution in [0.2, 0.25) is 0 Å². The van der Waals surface area contributed by atoms with Gasteiger partial charge in [0.25, 0.3) is 0 Å². The van der Waals surface area contributed by atoms with Gasteiger partial charge in [0, 0.05) is 11.4 Å². The van der Waals surface area contributed by atoms with Crippen molar-refractivity contribution in [2.24, 2.45) is 0 Å². The summed E-state index contributed by atoms with van der Waals surface area (Å²) in [6.45, 7) is 1.81. The first-order valence-electron chi connectivity index (χ1n) is 6.76. The Morgan fingerprint density at radius 2 is 2.22 bits per heavy atom. The molecule has 2 rings (SSSR count). The van der Waals surface area contributed by atoms with Gasteiger partial charge in [-0.25, -0.2) is 0 Å². The molecule has 0 aromatic carbocycles. The van der Waals surface area contributed by atoms with E-state index in [1.165, 1.54) is 17.7 Å². The molecule has 1 fully saturated rings. The summed E-state index contributed by atoms with van der Waals surface area (Å²) in [6.07, 6.45) is 6.38. The molecule has 0 bridgehead atoms. The molecule has 0 aliphatic carbocycles. The van der Waals surface area contributed by atoms with Gasteiger partial charge in [-0.2, -0.15) is 0 Å². The minimum Gasteiger partial charge on any atom is -0.480 e. The molecule has 1 aromatic rings. The molecule has 3 nitrogen and oxygen atoms in total. The smallest absolute Gasteiger partial charge is 0.320 e. The number of carboxylic acid groups (broad SMARTS) is 1. The van der Waals surface area contributed by atoms with Gasteiger partial charge in [-0.3, -0.25) is 9.69 Å². The van der Waals surface area contributed by atoms with Gasteiger partial charge in [-0.05, 0) is 37.3 Å². The quantitative estimate of drug-likeness (QED) is 0.911. The molecule has 1 N–H and O–H groups in total. The Morgan fingerprint density at radius 3 is 2.94 bits per heavy atom. The van der Waals surface area contributed by atoms with Crippen molar-refractivity contribution in [3.8, 4) is 0 Å². The maximum absolute atomic E-state index is 11.4. The molecule has 18 heavy (non-hydrogen) atoms. The zero-order chi connectivity index (χ0) is 12.8. The Balaban J connectivity index is 1.93. The first kappa shape index (κ1) is 13.6. The van der Waals surface area contributed by atoms with Crippen molar-refractivity contribution in [2.45, 2.75) is 44.6 Å². The van der Waals surface area contributed by atoms with Crippen LogP contribution in [0, 0.1) is 0 Å². The van der Waals surface area contributed by atoms with Crippen LogP contribution in [0.5, 0.6) is 0 Å². The fraction of sp³-hybridized carbons (Fsp3) is 0.643. The topological polar surface area (TPSA) is 40.5 Å². The fourth-order valence-electron chi connectivity index (χ4n) is 2.60. The minimum atomic E-state index is -0.650. The highest BCUT2D eigenvalue weighted by atomic mass is 32.1. The normalized spacial score (nSPS) is 22.3. The lowest BCUT2D eigenvalue weighted by molar-refractivity contribution is -0.143. The summed E-state index contributed by atoms with van der Waals surface area (Å²) in [6, 6.07) is 3.91. The van der Waals surface area contributed by atoms with E-state index in [9.17, 15) is 9.90 Å². The molecule has 1 atom stereocenters. The number of likely N-dealkylation sites (tertiary alicyclic amines) is 1. The van der Waals surface area contributed by atoms with Crippen LogP contribution in [0.1, 0.15) is 37.0 Å². The maximum atomic E-state index is 11.4. The van der Waals surface area contributed by atoms with Crippen LogP contribution in [0.25, 0.3) is 0 Å². The van der Waals surface area contributed by atoms with Crippen LogP contribution in [0.4, 0.5) is 0 Å². The van der Waals surface area contributed by atoms with Crippen molar-refractivity contribution in [2.75, 3.05) is 13.1 Å². The van der Waals surface area contributed by atoms with Crippen molar-refractivity contribution in [1.29, 1.82) is 0 Å². The molecular formula is C14H21NO2S. The van der Waals surface area contributed by atoms with Crippen molar-refractivity contribution >= 4 is 17.3 Å². The molecule has 0 spiro atoms. The lowest BCUT2D eigenvalue weighted by Gasteiger charge is -2.30. The first-order chi connectivity index (χ1) is 8.77. The predicted molar refractivity (Wildman–Crippen MR) is 74.1 cm³/mol. The van der Waals surface area contributed by atoms with E-state index in [0.29, 0.717) is 0 Å². The summed E-state index contributed by atoms with van der Waals surface area (Å²) in [5, 5.41) is 11.4. The van der Waals surface area contributed by atoms with Crippen LogP contribution in [-0.2, 0) is 11.2 Å². The number of hydrogen-bond donors (Lipinski definition) is 1. The van der Waals surface area contributed by atoms with E-state index in [2.05, 4.69) is 22.4 Å². The molecule has 0 saturated carbocycles. The van der Waals surface area contributed by atoms with E-state index in [1.54, 1.807) is 11.3 Å². The van der Waals surface area contributed by atoms with Crippen molar-refractivity contribution < 1.29 is 9.90 Å². The summed E-state index contributed by atoms with van der Waals surface area (Å²) < 4.78 is 0. The summed E-state index contributed by atoms with van der Waals surface area (Å²) in [7, 11) is 0. The first-order valence-corrected chi connectivity index (χ1v) is 7.64. The van der Waals surface area contributed by atoms with Crippen LogP contribution < -0.4 is 0 Å². The van der Waals surface area contributed by atoms with E-state index in [4.69, 9.17) is 0 Å². The average molecular weight is 267 g/mol. The summed E-state index contributed by atoms with van der Waals surface area (Å²) in [5.41, 5.74) is 0. The van der Waals surface area contributed by atoms with E-state index in [1.807, 2.05) is 0 Å². The Hall–Kier alpha value is -0.870. The lowest BCUT2D eigenvalue weighted by atomic mass is 10.0. The predicted octanol–water partition coefficient (Wildman–Crippen LogP) is 3.01. The van der Waals surface area contributed by atoms with Crippen molar-refractivity contribution in [3.63, 3.8) is 0 Å². The minimum absolute atomic E-state index is 0.273. The Bertz CT molecular complexity index is 364. The molecule has 100 valence electrons. The van der Waals surface area contributed by atoms with Crippen LogP contribution in [0.15, 0.2) is 17.5 Å². The van der Waals surface area contributed by atoms with E-state index in [0.717, 1.165) is 38.8 Å². The molecule has 1 unspecified atom stereocenters. The number of carboxylic acids is 1. The van der Waals surface area contributed by atoms with Gasteiger partial charge in [-0.1, -0.05) is 25.3 Å². The monoisotopic (exact) mass is 267 g/mol. The second kappa shape index (κ2) is 6.90. The number of nitrogens with zero attached hydrogens (tertiary/aromatic N) is 1. The van der Waals surface area contributed by atoms with E-state index < -0.39 is 5.97 Å². The molecule has 4 heteroatoms. The average Bonchev–Trinajstić information content (AvgIpc) is 2.80. The number of rotatable bonds is 4. The number of hydrogen-bond acceptors (Lipinski definition) is 3. The Labute approximate surface area is 112 Å². The molecular weight excluding hydrogens is 246 g/mol. The number of thiophene rings is 1. The van der Waals surface area contributed by atoms with Crippen LogP contribution in [-0.4, -0.2) is 35.1 Å². The van der Waals surface area contributed by atoms with Crippen LogP contribution in [0.3, 0.4) is 0 Å². The molecule has 0 radical (unpaired) electrons. The largest absolute Gasteiger partial charge is 0.480 e. The van der Waals surface area contributed by atoms with Gasteiger partial charge in [0.1, 0.15) is 6.04 Å². The third kappa shape index (κ3) is 3.82. The third-order valence-electron chi connectivity index (χ3n) is 3.62. The summed E-state index contributed by atoms with van der Waals surface area (Å²) in [5.74, 6) is -0.650. The van der Waals surface area contributed by atoms with Gasteiger partial charge in [-0.15, -0.1) is 11.3 Å². The molecule has 1 aliphatic heterocycles. The molecule has 2 heterocycles. The summed E-state index contributed by atoms with van der Waals surface area (Å²) in [4.78, 5) is 14.9. The second-order valence-corrected chi connectivity index (χ2v) is 5.95. The van der Waals surface area contributed by atoms with Crippen molar-refractivity contribution in [3.05, 3.63) is 22.4 Å². The Morgan fingerprint density at radius 1 is 1.39 bits per heavy atom. The van der Waals surface area contributed by atoms with Gasteiger partial charge < -0.3 is 5.11 Å². The van der Waals surface area contributed by atoms with Gasteiger partial charge in [0.2, 0.25) is 0 Å². The lowest BCUT2D eigenvalue weighted by Crippen LogP contribution is -2.43.